The summed E-state index contributed by atoms with van der Waals surface area (Å²) in [7, 11) is 0. The van der Waals surface area contributed by atoms with Crippen LogP contribution in [-0.4, -0.2) is 0 Å². The summed E-state index contributed by atoms with van der Waals surface area (Å²) in [5.74, 6) is 0. The molecule has 0 aliphatic heterocycles. The Labute approximate surface area is 57.0 Å². The molecule has 0 N–H and O–H groups in total. The molecule has 0 spiro atoms. The number of hydrogen-bond acceptors (Lipinski definition) is 0. The van der Waals surface area contributed by atoms with E-state index >= 15 is 0 Å². The van der Waals surface area contributed by atoms with Crippen LogP contribution in [0, 0.1) is 0 Å². The third-order valence-corrected chi connectivity index (χ3v) is 0. The molecule has 0 saturated carbocycles. The zero-order valence-corrected chi connectivity index (χ0v) is 6.82. The molecule has 0 heterocycles. The van der Waals surface area contributed by atoms with E-state index in [2.05, 4.69) is 0 Å². The van der Waals surface area contributed by atoms with Gasteiger partial charge in [0.1, 0.15) is 0 Å². The van der Waals surface area contributed by atoms with Crippen LogP contribution >= 0.6 is 39.6 Å². The van der Waals surface area contributed by atoms with E-state index in [0.717, 1.165) is 0 Å². The van der Waals surface area contributed by atoms with Crippen molar-refractivity contribution in [3.8, 4) is 0 Å². The van der Waals surface area contributed by atoms with E-state index in [1.807, 2.05) is 0 Å². The van der Waals surface area contributed by atoms with E-state index in [1.165, 1.54) is 0 Å². The molecule has 0 aromatic rings. The van der Waals surface area contributed by atoms with Gasteiger partial charge in [-0.15, -0.1) is 0 Å². The fourth-order valence-corrected chi connectivity index (χ4v) is 0. The van der Waals surface area contributed by atoms with E-state index in [0.29, 0.717) is 0 Å². The summed E-state index contributed by atoms with van der Waals surface area (Å²) in [6.45, 7) is 0. The van der Waals surface area contributed by atoms with Crippen LogP contribution in [0.25, 0.3) is 0 Å². The van der Waals surface area contributed by atoms with E-state index in [-0.39, 0.29) is 56.7 Å². The van der Waals surface area contributed by atoms with E-state index in [1.54, 1.807) is 0 Å². The van der Waals surface area contributed by atoms with Crippen LogP contribution in [0.4, 0.5) is 0 Å². The Bertz CT molecular complexity index is 3.61. The molecule has 12 radical (unpaired) electrons. The topological polar surface area (TPSA) is 0 Å². The summed E-state index contributed by atoms with van der Waals surface area (Å²) in [6.07, 6.45) is 0. The minimum absolute atomic E-state index is 0. The Morgan fingerprint density at radius 3 is 0.400 bits per heavy atom. The van der Waals surface area contributed by atoms with Crippen LogP contribution < -0.4 is 0 Å². The first-order valence-corrected chi connectivity index (χ1v) is 0. The van der Waals surface area contributed by atoms with Crippen LogP contribution in [-0.2, 0) is 17.1 Å². The predicted molar refractivity (Wildman–Crippen MR) is 27.7 cm³/mol. The third-order valence-electron chi connectivity index (χ3n) is 0. The molecule has 0 amide bonds. The van der Waals surface area contributed by atoms with Gasteiger partial charge in [-0.05, 0) is 0 Å². The summed E-state index contributed by atoms with van der Waals surface area (Å²) in [5, 5.41) is 0. The maximum atomic E-state index is 0. The molecule has 0 atom stereocenters. The Balaban J connectivity index is 0. The summed E-state index contributed by atoms with van der Waals surface area (Å²) in [4.78, 5) is 0. The smallest absolute Gasteiger partial charge is 0 e. The van der Waals surface area contributed by atoms with Gasteiger partial charge in [-0.1, -0.05) is 0 Å². The van der Waals surface area contributed by atoms with Gasteiger partial charge in [-0.2, -0.15) is 0 Å². The van der Waals surface area contributed by atoms with Crippen LogP contribution in [0.15, 0.2) is 0 Å². The molecule has 5 heavy (non-hydrogen) atoms. The first-order valence-electron chi connectivity index (χ1n) is 0. The van der Waals surface area contributed by atoms with Crippen molar-refractivity contribution in [3.05, 3.63) is 0 Å². The van der Waals surface area contributed by atoms with Gasteiger partial charge in [0, 0.05) is 56.7 Å². The van der Waals surface area contributed by atoms with Gasteiger partial charge >= 0.3 is 0 Å². The fourth-order valence-electron chi connectivity index (χ4n) is 0. The zero-order valence-electron chi connectivity index (χ0n) is 2.14. The second kappa shape index (κ2) is 34.2. The van der Waals surface area contributed by atoms with Gasteiger partial charge in [0.25, 0.3) is 0 Å². The Morgan fingerprint density at radius 1 is 0.400 bits per heavy atom. The molecule has 28 valence electrons. The molecule has 0 bridgehead atoms. The molecule has 0 aliphatic carbocycles. The molecule has 0 aromatic heterocycles. The minimum atomic E-state index is 0. The molecule has 0 saturated heterocycles. The van der Waals surface area contributed by atoms with Crippen molar-refractivity contribution >= 4 is 39.6 Å². The third kappa shape index (κ3) is 22.4. The van der Waals surface area contributed by atoms with Crippen molar-refractivity contribution in [1.29, 1.82) is 0 Å². The summed E-state index contributed by atoms with van der Waals surface area (Å²) in [6, 6.07) is 0. The molecular formula is FeP4. The Hall–Kier alpha value is 2.24. The second-order valence-electron chi connectivity index (χ2n) is 0. The van der Waals surface area contributed by atoms with Gasteiger partial charge in [0.15, 0.2) is 0 Å². The van der Waals surface area contributed by atoms with Gasteiger partial charge in [0.05, 0.1) is 0 Å². The van der Waals surface area contributed by atoms with Crippen molar-refractivity contribution in [2.24, 2.45) is 0 Å². The minimum Gasteiger partial charge on any atom is 0 e. The van der Waals surface area contributed by atoms with Crippen molar-refractivity contribution in [2.45, 2.75) is 0 Å². The van der Waals surface area contributed by atoms with E-state index in [4.69, 9.17) is 0 Å². The summed E-state index contributed by atoms with van der Waals surface area (Å²) < 4.78 is 0. The van der Waals surface area contributed by atoms with Crippen LogP contribution in [0.1, 0.15) is 0 Å². The standard InChI is InChI=1S/Fe.4P. The molecule has 0 fully saturated rings. The molecule has 5 heteroatoms. The Morgan fingerprint density at radius 2 is 0.400 bits per heavy atom. The van der Waals surface area contributed by atoms with Crippen molar-refractivity contribution in [3.63, 3.8) is 0 Å². The van der Waals surface area contributed by atoms with Gasteiger partial charge in [-0.25, -0.2) is 0 Å². The summed E-state index contributed by atoms with van der Waals surface area (Å²) >= 11 is 0. The van der Waals surface area contributed by atoms with Crippen molar-refractivity contribution in [1.82, 2.24) is 0 Å². The SMILES string of the molecule is [Fe].[P].[P].[P].[P]. The first-order chi connectivity index (χ1) is 0. The Kier molecular flexibility index (Phi) is 384. The van der Waals surface area contributed by atoms with Gasteiger partial charge < -0.3 is 0 Å². The zero-order chi connectivity index (χ0) is 0. The van der Waals surface area contributed by atoms with Crippen LogP contribution in [0.2, 0.25) is 0 Å². The molecular weight excluding hydrogens is 180 g/mol. The normalized spacial score (nSPS) is 0. The molecule has 0 unspecified atom stereocenters. The average molecular weight is 180 g/mol. The van der Waals surface area contributed by atoms with Crippen molar-refractivity contribution in [2.75, 3.05) is 0 Å². The van der Waals surface area contributed by atoms with Crippen LogP contribution in [0.5, 0.6) is 0 Å². The van der Waals surface area contributed by atoms with E-state index < -0.39 is 0 Å². The summed E-state index contributed by atoms with van der Waals surface area (Å²) in [5.41, 5.74) is 0. The quantitative estimate of drug-likeness (QED) is 0.395. The maximum Gasteiger partial charge on any atom is 0 e. The van der Waals surface area contributed by atoms with E-state index in [9.17, 15) is 0 Å². The molecule has 0 rings (SSSR count). The number of hydrogen-bond donors (Lipinski definition) is 0. The fraction of sp³-hybridized carbons (Fsp3) is 0. The van der Waals surface area contributed by atoms with Crippen molar-refractivity contribution < 1.29 is 17.1 Å². The largest absolute Gasteiger partial charge is 0 e. The first kappa shape index (κ1) is 56.2. The average Bonchev–Trinajstić information content (AvgIpc) is 0. The van der Waals surface area contributed by atoms with Gasteiger partial charge in [-0.3, -0.25) is 0 Å². The second-order valence-corrected chi connectivity index (χ2v) is 0. The predicted octanol–water partition coefficient (Wildman–Crippen LogP) is 3.44. The maximum absolute atomic E-state index is 0. The van der Waals surface area contributed by atoms with Gasteiger partial charge in [0.2, 0.25) is 0 Å². The monoisotopic (exact) mass is 180 g/mol. The number of rotatable bonds is 0. The van der Waals surface area contributed by atoms with Crippen LogP contribution in [0.3, 0.4) is 0 Å². The molecule has 0 aliphatic rings. The molecule has 0 aromatic carbocycles. The molecule has 0 nitrogen and oxygen atoms in total.